The van der Waals surface area contributed by atoms with Crippen molar-refractivity contribution < 1.29 is 0 Å². The molecule has 4 rings (SSSR count). The summed E-state index contributed by atoms with van der Waals surface area (Å²) in [5.74, 6) is 1.48. The van der Waals surface area contributed by atoms with Crippen molar-refractivity contribution in [3.63, 3.8) is 0 Å². The highest BCUT2D eigenvalue weighted by Crippen LogP contribution is 2.19. The Morgan fingerprint density at radius 3 is 2.72 bits per heavy atom. The highest BCUT2D eigenvalue weighted by molar-refractivity contribution is 9.10. The highest BCUT2D eigenvalue weighted by atomic mass is 79.9. The van der Waals surface area contributed by atoms with Gasteiger partial charge in [0.25, 0.3) is 5.56 Å². The maximum Gasteiger partial charge on any atom is 0.282 e. The van der Waals surface area contributed by atoms with E-state index in [1.807, 2.05) is 57.2 Å². The summed E-state index contributed by atoms with van der Waals surface area (Å²) in [4.78, 5) is 22.1. The zero-order valence-electron chi connectivity index (χ0n) is 16.4. The molecule has 0 aliphatic carbocycles. The number of nitrogens with zero attached hydrogens (tertiary/aromatic N) is 5. The smallest absolute Gasteiger partial charge is 0.282 e. The van der Waals surface area contributed by atoms with E-state index in [1.54, 1.807) is 18.5 Å². The zero-order chi connectivity index (χ0) is 20.5. The molecular formula is C22H20BrN5O. The Labute approximate surface area is 176 Å². The summed E-state index contributed by atoms with van der Waals surface area (Å²) in [6.07, 6.45) is 4.09. The van der Waals surface area contributed by atoms with Gasteiger partial charge in [0.2, 0.25) is 0 Å². The molecule has 0 aliphatic heterocycles. The van der Waals surface area contributed by atoms with Crippen LogP contribution in [0.4, 0.5) is 0 Å². The topological polar surface area (TPSA) is 65.1 Å². The van der Waals surface area contributed by atoms with Crippen molar-refractivity contribution in [2.45, 2.75) is 27.2 Å². The van der Waals surface area contributed by atoms with E-state index in [9.17, 15) is 4.79 Å². The van der Waals surface area contributed by atoms with Crippen LogP contribution in [-0.2, 0) is 6.42 Å². The normalized spacial score (nSPS) is 11.6. The van der Waals surface area contributed by atoms with E-state index in [-0.39, 0.29) is 5.56 Å². The zero-order valence-corrected chi connectivity index (χ0v) is 18.0. The molecule has 0 radical (unpaired) electrons. The molecular weight excluding hydrogens is 430 g/mol. The average molecular weight is 450 g/mol. The third-order valence-electron chi connectivity index (χ3n) is 4.85. The first-order valence-electron chi connectivity index (χ1n) is 9.35. The predicted molar refractivity (Wildman–Crippen MR) is 119 cm³/mol. The second kappa shape index (κ2) is 7.75. The fourth-order valence-electron chi connectivity index (χ4n) is 3.42. The molecule has 4 aromatic rings. The lowest BCUT2D eigenvalue weighted by Gasteiger charge is -2.08. The van der Waals surface area contributed by atoms with Crippen LogP contribution in [0.2, 0.25) is 0 Å². The van der Waals surface area contributed by atoms with E-state index in [4.69, 9.17) is 0 Å². The summed E-state index contributed by atoms with van der Waals surface area (Å²) in [7, 11) is 0. The Kier molecular flexibility index (Phi) is 5.15. The van der Waals surface area contributed by atoms with Crippen molar-refractivity contribution in [3.05, 3.63) is 86.3 Å². The lowest BCUT2D eigenvalue weighted by Crippen LogP contribution is -2.22. The molecule has 3 heterocycles. The molecule has 0 bridgehead atoms. The summed E-state index contributed by atoms with van der Waals surface area (Å²) in [5.41, 5.74) is 3.48. The van der Waals surface area contributed by atoms with E-state index in [2.05, 4.69) is 35.6 Å². The van der Waals surface area contributed by atoms with Gasteiger partial charge in [-0.15, -0.1) is 0 Å². The minimum Gasteiger partial charge on any atom is -0.303 e. The van der Waals surface area contributed by atoms with Crippen LogP contribution in [0.5, 0.6) is 0 Å². The van der Waals surface area contributed by atoms with Crippen LogP contribution in [0.15, 0.2) is 63.0 Å². The summed E-state index contributed by atoms with van der Waals surface area (Å²) in [6, 6.07) is 13.4. The van der Waals surface area contributed by atoms with Gasteiger partial charge in [0.05, 0.1) is 17.1 Å². The monoisotopic (exact) mass is 449 g/mol. The average Bonchev–Trinajstić information content (AvgIpc) is 3.01. The summed E-state index contributed by atoms with van der Waals surface area (Å²) < 4.78 is 4.30. The van der Waals surface area contributed by atoms with Gasteiger partial charge in [-0.3, -0.25) is 4.79 Å². The molecule has 29 heavy (non-hydrogen) atoms. The SMILES string of the molecule is CCc1nc2ccc(Br)cc2c(=O)n1N=Cc1cc(C)n(-c2ccccn2)c1C. The van der Waals surface area contributed by atoms with Crippen molar-refractivity contribution in [2.24, 2.45) is 5.10 Å². The Morgan fingerprint density at radius 2 is 2.00 bits per heavy atom. The molecule has 1 aromatic carbocycles. The van der Waals surface area contributed by atoms with Gasteiger partial charge in [-0.25, -0.2) is 9.97 Å². The van der Waals surface area contributed by atoms with E-state index < -0.39 is 0 Å². The molecule has 146 valence electrons. The van der Waals surface area contributed by atoms with Crippen LogP contribution in [0.25, 0.3) is 16.7 Å². The number of hydrogen-bond acceptors (Lipinski definition) is 4. The van der Waals surface area contributed by atoms with Crippen LogP contribution < -0.4 is 5.56 Å². The molecule has 6 nitrogen and oxygen atoms in total. The van der Waals surface area contributed by atoms with Crippen LogP contribution in [0, 0.1) is 13.8 Å². The van der Waals surface area contributed by atoms with Crippen LogP contribution in [0.3, 0.4) is 0 Å². The van der Waals surface area contributed by atoms with Gasteiger partial charge in [-0.2, -0.15) is 9.78 Å². The van der Waals surface area contributed by atoms with Crippen molar-refractivity contribution in [3.8, 4) is 5.82 Å². The first-order valence-corrected chi connectivity index (χ1v) is 10.1. The third-order valence-corrected chi connectivity index (χ3v) is 5.35. The summed E-state index contributed by atoms with van der Waals surface area (Å²) >= 11 is 3.42. The lowest BCUT2D eigenvalue weighted by molar-refractivity contribution is 0.734. The third kappa shape index (κ3) is 3.53. The molecule has 0 unspecified atom stereocenters. The van der Waals surface area contributed by atoms with E-state index >= 15 is 0 Å². The highest BCUT2D eigenvalue weighted by Gasteiger charge is 2.12. The standard InChI is InChI=1S/C22H20BrN5O/c1-4-20-26-19-9-8-17(23)12-18(19)22(29)28(20)25-13-16-11-14(2)27(15(16)3)21-7-5-6-10-24-21/h5-13H,4H2,1-3H3. The second-order valence-electron chi connectivity index (χ2n) is 6.75. The minimum absolute atomic E-state index is 0.178. The van der Waals surface area contributed by atoms with Crippen molar-refractivity contribution >= 4 is 33.0 Å². The Bertz CT molecular complexity index is 1290. The fraction of sp³-hybridized carbons (Fsp3) is 0.182. The minimum atomic E-state index is -0.178. The number of hydrogen-bond donors (Lipinski definition) is 0. The van der Waals surface area contributed by atoms with Gasteiger partial charge >= 0.3 is 0 Å². The molecule has 0 atom stereocenters. The van der Waals surface area contributed by atoms with Crippen molar-refractivity contribution in [1.82, 2.24) is 19.2 Å². The fourth-order valence-corrected chi connectivity index (χ4v) is 3.78. The predicted octanol–water partition coefficient (Wildman–Crippen LogP) is 4.41. The molecule has 3 aromatic heterocycles. The molecule has 0 saturated heterocycles. The van der Waals surface area contributed by atoms with E-state index in [0.717, 1.165) is 27.2 Å². The van der Waals surface area contributed by atoms with Crippen molar-refractivity contribution in [2.75, 3.05) is 0 Å². The Hall–Kier alpha value is -3.06. The number of benzene rings is 1. The first kappa shape index (κ1) is 19.3. The van der Waals surface area contributed by atoms with Gasteiger partial charge in [-0.05, 0) is 50.2 Å². The molecule has 0 amide bonds. The van der Waals surface area contributed by atoms with Crippen LogP contribution in [0.1, 0.15) is 29.7 Å². The number of fused-ring (bicyclic) bond motifs is 1. The second-order valence-corrected chi connectivity index (χ2v) is 7.67. The van der Waals surface area contributed by atoms with Gasteiger partial charge in [0, 0.05) is 34.0 Å². The number of aryl methyl sites for hydroxylation is 2. The Morgan fingerprint density at radius 1 is 1.17 bits per heavy atom. The largest absolute Gasteiger partial charge is 0.303 e. The van der Waals surface area contributed by atoms with Crippen molar-refractivity contribution in [1.29, 1.82) is 0 Å². The molecule has 0 N–H and O–H groups in total. The van der Waals surface area contributed by atoms with Gasteiger partial charge in [-0.1, -0.05) is 28.9 Å². The maximum atomic E-state index is 13.0. The molecule has 0 saturated carbocycles. The number of rotatable bonds is 4. The summed E-state index contributed by atoms with van der Waals surface area (Å²) in [6.45, 7) is 6.01. The van der Waals surface area contributed by atoms with Gasteiger partial charge in [0.15, 0.2) is 0 Å². The molecule has 0 aliphatic rings. The van der Waals surface area contributed by atoms with E-state index in [0.29, 0.717) is 23.1 Å². The molecule has 0 fully saturated rings. The molecule has 0 spiro atoms. The van der Waals surface area contributed by atoms with E-state index in [1.165, 1.54) is 4.68 Å². The lowest BCUT2D eigenvalue weighted by atomic mass is 10.2. The molecule has 7 heteroatoms. The first-order chi connectivity index (χ1) is 14.0. The van der Waals surface area contributed by atoms with Gasteiger partial charge in [0.1, 0.15) is 11.6 Å². The number of aromatic nitrogens is 4. The quantitative estimate of drug-likeness (QED) is 0.433. The number of pyridine rings is 1. The van der Waals surface area contributed by atoms with Crippen LogP contribution >= 0.6 is 15.9 Å². The Balaban J connectivity index is 1.82. The summed E-state index contributed by atoms with van der Waals surface area (Å²) in [5, 5.41) is 5.04. The van der Waals surface area contributed by atoms with Crippen LogP contribution in [-0.4, -0.2) is 25.4 Å². The number of halogens is 1. The maximum absolute atomic E-state index is 13.0. The van der Waals surface area contributed by atoms with Gasteiger partial charge < -0.3 is 4.57 Å².